The lowest BCUT2D eigenvalue weighted by atomic mass is 10.1. The Kier molecular flexibility index (Phi) is 9.22. The molecule has 0 fully saturated rings. The first kappa shape index (κ1) is 18.1. The van der Waals surface area contributed by atoms with E-state index in [2.05, 4.69) is 12.2 Å². The molecule has 2 N–H and O–H groups in total. The molecule has 1 rings (SSSR count). The van der Waals surface area contributed by atoms with Gasteiger partial charge >= 0.3 is 0 Å². The highest BCUT2D eigenvalue weighted by Gasteiger charge is 2.11. The van der Waals surface area contributed by atoms with E-state index in [-0.39, 0.29) is 11.9 Å². The van der Waals surface area contributed by atoms with E-state index in [9.17, 15) is 9.50 Å². The Morgan fingerprint density at radius 3 is 2.71 bits per heavy atom. The van der Waals surface area contributed by atoms with Crippen LogP contribution >= 0.6 is 0 Å². The second kappa shape index (κ2) is 10.7. The van der Waals surface area contributed by atoms with Crippen LogP contribution in [-0.2, 0) is 4.74 Å². The summed E-state index contributed by atoms with van der Waals surface area (Å²) in [5, 5.41) is 13.0. The van der Waals surface area contributed by atoms with Gasteiger partial charge in [0.05, 0.1) is 12.7 Å². The summed E-state index contributed by atoms with van der Waals surface area (Å²) in [4.78, 5) is 0. The number of ether oxygens (including phenoxy) is 1. The van der Waals surface area contributed by atoms with Crippen molar-refractivity contribution in [3.63, 3.8) is 0 Å². The molecule has 2 atom stereocenters. The zero-order chi connectivity index (χ0) is 15.5. The van der Waals surface area contributed by atoms with Crippen molar-refractivity contribution in [3.05, 3.63) is 35.6 Å². The topological polar surface area (TPSA) is 41.5 Å². The fraction of sp³-hybridized carbons (Fsp3) is 0.647. The molecule has 2 unspecified atom stereocenters. The smallest absolute Gasteiger partial charge is 0.127 e. The number of rotatable bonds is 11. The van der Waals surface area contributed by atoms with E-state index in [1.165, 1.54) is 25.3 Å². The van der Waals surface area contributed by atoms with Crippen molar-refractivity contribution in [1.82, 2.24) is 5.32 Å². The quantitative estimate of drug-likeness (QED) is 0.615. The number of unbranched alkanes of at least 4 members (excludes halogenated alkanes) is 3. The van der Waals surface area contributed by atoms with Gasteiger partial charge in [-0.25, -0.2) is 4.39 Å². The summed E-state index contributed by atoms with van der Waals surface area (Å²) in [7, 11) is 0. The molecule has 0 radical (unpaired) electrons. The van der Waals surface area contributed by atoms with E-state index in [1.807, 2.05) is 13.0 Å². The molecule has 1 aromatic rings. The van der Waals surface area contributed by atoms with Crippen molar-refractivity contribution in [2.75, 3.05) is 19.8 Å². The fourth-order valence-corrected chi connectivity index (χ4v) is 2.16. The van der Waals surface area contributed by atoms with Gasteiger partial charge in [0.2, 0.25) is 0 Å². The van der Waals surface area contributed by atoms with Crippen molar-refractivity contribution in [3.8, 4) is 0 Å². The highest BCUT2D eigenvalue weighted by atomic mass is 19.1. The van der Waals surface area contributed by atoms with Gasteiger partial charge in [0.25, 0.3) is 0 Å². The van der Waals surface area contributed by atoms with Crippen LogP contribution in [0.1, 0.15) is 51.1 Å². The summed E-state index contributed by atoms with van der Waals surface area (Å²) in [6.07, 6.45) is 4.09. The number of hydrogen-bond acceptors (Lipinski definition) is 3. The lowest BCUT2D eigenvalue weighted by Crippen LogP contribution is -2.32. The normalized spacial score (nSPS) is 14.1. The van der Waals surface area contributed by atoms with Gasteiger partial charge < -0.3 is 15.2 Å². The Morgan fingerprint density at radius 2 is 2.00 bits per heavy atom. The Labute approximate surface area is 127 Å². The molecule has 1 aromatic carbocycles. The van der Waals surface area contributed by atoms with Gasteiger partial charge in [-0.15, -0.1) is 0 Å². The second-order valence-electron chi connectivity index (χ2n) is 5.44. The molecule has 0 aliphatic carbocycles. The van der Waals surface area contributed by atoms with Crippen LogP contribution in [-0.4, -0.2) is 31.0 Å². The molecule has 21 heavy (non-hydrogen) atoms. The largest absolute Gasteiger partial charge is 0.389 e. The van der Waals surface area contributed by atoms with Crippen molar-refractivity contribution in [1.29, 1.82) is 0 Å². The van der Waals surface area contributed by atoms with Crippen molar-refractivity contribution >= 4 is 0 Å². The Bertz CT molecular complexity index is 387. The average molecular weight is 297 g/mol. The zero-order valence-electron chi connectivity index (χ0n) is 13.1. The molecule has 0 saturated heterocycles. The predicted molar refractivity (Wildman–Crippen MR) is 83.8 cm³/mol. The number of benzene rings is 1. The summed E-state index contributed by atoms with van der Waals surface area (Å²) >= 11 is 0. The van der Waals surface area contributed by atoms with E-state index in [4.69, 9.17) is 4.74 Å². The van der Waals surface area contributed by atoms with Crippen molar-refractivity contribution in [2.45, 2.75) is 51.7 Å². The third-order valence-corrected chi connectivity index (χ3v) is 3.48. The Hall–Kier alpha value is -0.970. The molecular formula is C17H28FNO2. The molecule has 0 saturated carbocycles. The summed E-state index contributed by atoms with van der Waals surface area (Å²) in [5.41, 5.74) is 0.616. The molecular weight excluding hydrogens is 269 g/mol. The molecule has 0 bridgehead atoms. The molecule has 0 spiro atoms. The SMILES string of the molecule is CCCCCCOCC(O)CNC(C)c1ccccc1F. The maximum Gasteiger partial charge on any atom is 0.127 e. The predicted octanol–water partition coefficient (Wildman–Crippen LogP) is 3.43. The van der Waals surface area contributed by atoms with Gasteiger partial charge in [-0.1, -0.05) is 44.4 Å². The Morgan fingerprint density at radius 1 is 1.24 bits per heavy atom. The molecule has 0 aliphatic rings. The van der Waals surface area contributed by atoms with E-state index in [0.29, 0.717) is 25.3 Å². The van der Waals surface area contributed by atoms with Crippen molar-refractivity contribution < 1.29 is 14.2 Å². The van der Waals surface area contributed by atoms with Crippen LogP contribution in [0.2, 0.25) is 0 Å². The first-order chi connectivity index (χ1) is 10.1. The summed E-state index contributed by atoms with van der Waals surface area (Å²) < 4.78 is 19.0. The minimum Gasteiger partial charge on any atom is -0.389 e. The lowest BCUT2D eigenvalue weighted by molar-refractivity contribution is 0.0343. The maximum atomic E-state index is 13.6. The van der Waals surface area contributed by atoms with Crippen LogP contribution in [0.15, 0.2) is 24.3 Å². The molecule has 0 aliphatic heterocycles. The highest BCUT2D eigenvalue weighted by Crippen LogP contribution is 2.15. The Balaban J connectivity index is 2.15. The van der Waals surface area contributed by atoms with Gasteiger partial charge in [-0.2, -0.15) is 0 Å². The number of halogens is 1. The number of nitrogens with one attached hydrogen (secondary N) is 1. The van der Waals surface area contributed by atoms with Crippen LogP contribution in [0.3, 0.4) is 0 Å². The summed E-state index contributed by atoms with van der Waals surface area (Å²) in [6.45, 7) is 5.47. The molecule has 120 valence electrons. The van der Waals surface area contributed by atoms with Gasteiger partial charge in [-0.3, -0.25) is 0 Å². The highest BCUT2D eigenvalue weighted by molar-refractivity contribution is 5.20. The molecule has 0 heterocycles. The monoisotopic (exact) mass is 297 g/mol. The third kappa shape index (κ3) is 7.55. The van der Waals surface area contributed by atoms with Gasteiger partial charge in [0.1, 0.15) is 5.82 Å². The molecule has 0 amide bonds. The fourth-order valence-electron chi connectivity index (χ4n) is 2.16. The first-order valence-electron chi connectivity index (χ1n) is 7.88. The van der Waals surface area contributed by atoms with Crippen LogP contribution in [0, 0.1) is 5.82 Å². The molecule has 0 aromatic heterocycles. The van der Waals surface area contributed by atoms with Crippen LogP contribution in [0.25, 0.3) is 0 Å². The average Bonchev–Trinajstić information content (AvgIpc) is 2.49. The zero-order valence-corrected chi connectivity index (χ0v) is 13.1. The molecule has 4 heteroatoms. The third-order valence-electron chi connectivity index (χ3n) is 3.48. The second-order valence-corrected chi connectivity index (χ2v) is 5.44. The lowest BCUT2D eigenvalue weighted by Gasteiger charge is -2.18. The van der Waals surface area contributed by atoms with Gasteiger partial charge in [-0.05, 0) is 19.4 Å². The van der Waals surface area contributed by atoms with E-state index >= 15 is 0 Å². The number of hydrogen-bond donors (Lipinski definition) is 2. The standard InChI is InChI=1S/C17H28FNO2/c1-3-4-5-8-11-21-13-15(20)12-19-14(2)16-9-6-7-10-17(16)18/h6-7,9-10,14-15,19-20H,3-5,8,11-13H2,1-2H3. The van der Waals surface area contributed by atoms with Gasteiger partial charge in [0, 0.05) is 24.8 Å². The summed E-state index contributed by atoms with van der Waals surface area (Å²) in [6, 6.07) is 6.55. The van der Waals surface area contributed by atoms with Gasteiger partial charge in [0.15, 0.2) is 0 Å². The van der Waals surface area contributed by atoms with Crippen LogP contribution in [0.5, 0.6) is 0 Å². The first-order valence-corrected chi connectivity index (χ1v) is 7.88. The minimum absolute atomic E-state index is 0.134. The number of aliphatic hydroxyl groups excluding tert-OH is 1. The van der Waals surface area contributed by atoms with E-state index in [0.717, 1.165) is 6.42 Å². The summed E-state index contributed by atoms with van der Waals surface area (Å²) in [5.74, 6) is -0.223. The van der Waals surface area contributed by atoms with Crippen molar-refractivity contribution in [2.24, 2.45) is 0 Å². The van der Waals surface area contributed by atoms with Crippen LogP contribution < -0.4 is 5.32 Å². The number of aliphatic hydroxyl groups is 1. The maximum absolute atomic E-state index is 13.6. The molecule has 3 nitrogen and oxygen atoms in total. The minimum atomic E-state index is -0.564. The van der Waals surface area contributed by atoms with Crippen LogP contribution in [0.4, 0.5) is 4.39 Å². The van der Waals surface area contributed by atoms with E-state index < -0.39 is 6.10 Å². The van der Waals surface area contributed by atoms with E-state index in [1.54, 1.807) is 12.1 Å².